The van der Waals surface area contributed by atoms with Gasteiger partial charge in [0.25, 0.3) is 11.6 Å². The number of rotatable bonds is 4. The number of carbonyl (C=O) groups excluding carboxylic acids is 2. The maximum atomic E-state index is 11.2. The lowest BCUT2D eigenvalue weighted by molar-refractivity contribution is -0.385. The molecule has 98 valence electrons. The molecule has 1 aromatic rings. The highest BCUT2D eigenvalue weighted by Crippen LogP contribution is 2.06. The van der Waals surface area contributed by atoms with Crippen molar-refractivity contribution >= 4 is 24.1 Å². The van der Waals surface area contributed by atoms with Gasteiger partial charge in [-0.1, -0.05) is 13.2 Å². The Morgan fingerprint density at radius 3 is 2.63 bits per heavy atom. The highest BCUT2D eigenvalue weighted by atomic mass is 16.7. The van der Waals surface area contributed by atoms with Crippen LogP contribution >= 0.6 is 0 Å². The maximum Gasteiger partial charge on any atom is 0.278 e. The molecule has 1 rings (SSSR count). The Morgan fingerprint density at radius 1 is 1.53 bits per heavy atom. The van der Waals surface area contributed by atoms with Crippen molar-refractivity contribution in [1.29, 1.82) is 0 Å². The summed E-state index contributed by atoms with van der Waals surface area (Å²) in [5.74, 6) is 0.831. The lowest BCUT2D eigenvalue weighted by atomic mass is 10.2. The van der Waals surface area contributed by atoms with Gasteiger partial charge in [-0.3, -0.25) is 14.9 Å². The third kappa shape index (κ3) is 3.05. The van der Waals surface area contributed by atoms with Crippen LogP contribution in [0, 0.1) is 10.1 Å². The van der Waals surface area contributed by atoms with E-state index in [0.29, 0.717) is 0 Å². The monoisotopic (exact) mass is 262 g/mol. The standard InChI is InChI=1S/C12H10N2O5/c1-7(2)12(16)13-19-11-5-4-10(14(17)18)8(3)9(11)6-15/h4-5H,1,3H2,2H3,(H,13,16). The van der Waals surface area contributed by atoms with E-state index in [0.717, 1.165) is 6.07 Å². The zero-order valence-corrected chi connectivity index (χ0v) is 10.1. The van der Waals surface area contributed by atoms with E-state index in [9.17, 15) is 19.7 Å². The fraction of sp³-hybridized carbons (Fsp3) is 0.0833. The van der Waals surface area contributed by atoms with Crippen molar-refractivity contribution < 1.29 is 19.3 Å². The second-order valence-electron chi connectivity index (χ2n) is 3.61. The molecule has 0 spiro atoms. The highest BCUT2D eigenvalue weighted by molar-refractivity contribution is 5.91. The molecular weight excluding hydrogens is 252 g/mol. The number of nitrogens with one attached hydrogen (secondary N) is 1. The molecule has 1 N–H and O–H groups in total. The molecular formula is C12H10N2O5. The molecule has 7 nitrogen and oxygen atoms in total. The predicted molar refractivity (Wildman–Crippen MR) is 66.2 cm³/mol. The molecule has 1 aromatic carbocycles. The van der Waals surface area contributed by atoms with Gasteiger partial charge in [0.05, 0.1) is 10.1 Å². The Balaban J connectivity index is 3.19. The van der Waals surface area contributed by atoms with Crippen molar-refractivity contribution in [2.45, 2.75) is 6.92 Å². The number of nitro groups is 1. The number of non-ortho nitro benzene ring substituents is 1. The molecule has 0 radical (unpaired) electrons. The SMILES string of the molecule is C=C(C)C(=O)NOc1ccc([N+](=O)[O-])c(=C)c1=C=O. The molecule has 0 saturated carbocycles. The number of hydroxylamine groups is 1. The Bertz CT molecular complexity index is 689. The third-order valence-electron chi connectivity index (χ3n) is 2.19. The van der Waals surface area contributed by atoms with Crippen LogP contribution in [0.15, 0.2) is 24.3 Å². The van der Waals surface area contributed by atoms with Gasteiger partial charge in [-0.15, -0.1) is 0 Å². The van der Waals surface area contributed by atoms with Crippen molar-refractivity contribution in [2.75, 3.05) is 0 Å². The quantitative estimate of drug-likeness (QED) is 0.448. The van der Waals surface area contributed by atoms with E-state index < -0.39 is 10.8 Å². The fourth-order valence-corrected chi connectivity index (χ4v) is 1.17. The molecule has 0 atom stereocenters. The van der Waals surface area contributed by atoms with Crippen molar-refractivity contribution in [3.05, 3.63) is 44.8 Å². The smallest absolute Gasteiger partial charge is 0.278 e. The maximum absolute atomic E-state index is 11.2. The molecule has 0 bridgehead atoms. The zero-order chi connectivity index (χ0) is 14.6. The normalized spacial score (nSPS) is 9.32. The lowest BCUT2D eigenvalue weighted by Crippen LogP contribution is -2.34. The van der Waals surface area contributed by atoms with E-state index in [1.54, 1.807) is 0 Å². The topological polar surface area (TPSA) is 98.5 Å². The van der Waals surface area contributed by atoms with E-state index in [4.69, 9.17) is 4.84 Å². The molecule has 7 heteroatoms. The van der Waals surface area contributed by atoms with Crippen molar-refractivity contribution in [3.8, 4) is 5.75 Å². The molecule has 0 heterocycles. The minimum absolute atomic E-state index is 0.0831. The summed E-state index contributed by atoms with van der Waals surface area (Å²) in [5, 5.41) is 10.3. The average molecular weight is 262 g/mol. The summed E-state index contributed by atoms with van der Waals surface area (Å²) >= 11 is 0. The van der Waals surface area contributed by atoms with E-state index in [2.05, 4.69) is 13.2 Å². The summed E-state index contributed by atoms with van der Waals surface area (Å²) < 4.78 is 0. The van der Waals surface area contributed by atoms with Gasteiger partial charge in [-0.25, -0.2) is 4.79 Å². The van der Waals surface area contributed by atoms with E-state index in [-0.39, 0.29) is 27.4 Å². The van der Waals surface area contributed by atoms with Crippen LogP contribution in [0.2, 0.25) is 0 Å². The number of carbonyl (C=O) groups is 1. The molecule has 0 aliphatic heterocycles. The number of nitro benzene ring substituents is 1. The van der Waals surface area contributed by atoms with Crippen LogP contribution in [-0.4, -0.2) is 16.8 Å². The molecule has 0 fully saturated rings. The first-order valence-electron chi connectivity index (χ1n) is 5.02. The average Bonchev–Trinajstić information content (AvgIpc) is 2.35. The first-order chi connectivity index (χ1) is 8.88. The first-order valence-corrected chi connectivity index (χ1v) is 5.02. The highest BCUT2D eigenvalue weighted by Gasteiger charge is 2.12. The number of amides is 1. The van der Waals surface area contributed by atoms with Crippen LogP contribution in [-0.2, 0) is 9.59 Å². The predicted octanol–water partition coefficient (Wildman–Crippen LogP) is -0.506. The summed E-state index contributed by atoms with van der Waals surface area (Å²) in [6.07, 6.45) is 0. The Labute approximate surface area is 107 Å². The van der Waals surface area contributed by atoms with Gasteiger partial charge in [-0.05, 0) is 13.0 Å². The number of benzene rings is 1. The van der Waals surface area contributed by atoms with Gasteiger partial charge >= 0.3 is 0 Å². The van der Waals surface area contributed by atoms with Gasteiger partial charge in [0.15, 0.2) is 5.75 Å². The summed E-state index contributed by atoms with van der Waals surface area (Å²) in [4.78, 5) is 36.9. The zero-order valence-electron chi connectivity index (χ0n) is 10.1. The van der Waals surface area contributed by atoms with Crippen LogP contribution in [0.3, 0.4) is 0 Å². The molecule has 0 aromatic heterocycles. The Morgan fingerprint density at radius 2 is 2.16 bits per heavy atom. The second-order valence-corrected chi connectivity index (χ2v) is 3.61. The van der Waals surface area contributed by atoms with Crippen molar-refractivity contribution in [3.63, 3.8) is 0 Å². The molecule has 1 amide bonds. The third-order valence-corrected chi connectivity index (χ3v) is 2.19. The van der Waals surface area contributed by atoms with Gasteiger partial charge in [0.1, 0.15) is 11.2 Å². The lowest BCUT2D eigenvalue weighted by Gasteiger charge is -2.06. The number of hydrogen-bond donors (Lipinski definition) is 1. The van der Waals surface area contributed by atoms with E-state index in [1.807, 2.05) is 5.48 Å². The number of hydrogen-bond acceptors (Lipinski definition) is 5. The van der Waals surface area contributed by atoms with Crippen LogP contribution in [0.1, 0.15) is 6.92 Å². The second kappa shape index (κ2) is 5.61. The molecule has 0 aliphatic carbocycles. The Hall–Kier alpha value is -2.92. The molecule has 0 aliphatic rings. The molecule has 0 saturated heterocycles. The minimum atomic E-state index is -0.681. The summed E-state index contributed by atoms with van der Waals surface area (Å²) in [6.45, 7) is 8.28. The Kier molecular flexibility index (Phi) is 4.18. The van der Waals surface area contributed by atoms with Crippen molar-refractivity contribution in [2.24, 2.45) is 0 Å². The van der Waals surface area contributed by atoms with Crippen molar-refractivity contribution in [1.82, 2.24) is 5.48 Å². The minimum Gasteiger partial charge on any atom is -0.378 e. The van der Waals surface area contributed by atoms with E-state index in [1.165, 1.54) is 18.9 Å². The molecule has 19 heavy (non-hydrogen) atoms. The van der Waals surface area contributed by atoms with Crippen LogP contribution in [0.4, 0.5) is 5.69 Å². The largest absolute Gasteiger partial charge is 0.378 e. The fourth-order valence-electron chi connectivity index (χ4n) is 1.17. The summed E-state index contributed by atoms with van der Waals surface area (Å²) in [5.41, 5.74) is 1.90. The summed E-state index contributed by atoms with van der Waals surface area (Å²) in [7, 11) is 0. The van der Waals surface area contributed by atoms with Crippen LogP contribution < -0.4 is 20.8 Å². The van der Waals surface area contributed by atoms with Gasteiger partial charge in [0, 0.05) is 11.6 Å². The van der Waals surface area contributed by atoms with E-state index >= 15 is 0 Å². The van der Waals surface area contributed by atoms with Crippen LogP contribution in [0.25, 0.3) is 6.58 Å². The summed E-state index contributed by atoms with van der Waals surface area (Å²) in [6, 6.07) is 2.29. The first kappa shape index (κ1) is 14.1. The number of nitrogens with zero attached hydrogens (tertiary/aromatic N) is 1. The molecule has 0 unspecified atom stereocenters. The van der Waals surface area contributed by atoms with Crippen LogP contribution in [0.5, 0.6) is 5.75 Å². The van der Waals surface area contributed by atoms with Gasteiger partial charge in [0.2, 0.25) is 0 Å². The van der Waals surface area contributed by atoms with Gasteiger partial charge in [-0.2, -0.15) is 5.48 Å². The van der Waals surface area contributed by atoms with Gasteiger partial charge < -0.3 is 4.84 Å².